The molecule has 0 N–H and O–H groups in total. The maximum absolute atomic E-state index is 13.1. The Morgan fingerprint density at radius 3 is 2.88 bits per heavy atom. The summed E-state index contributed by atoms with van der Waals surface area (Å²) >= 11 is 6.20. The van der Waals surface area contributed by atoms with Crippen LogP contribution < -0.4 is 0 Å². The lowest BCUT2D eigenvalue weighted by Crippen LogP contribution is -2.40. The molecule has 1 aliphatic rings. The summed E-state index contributed by atoms with van der Waals surface area (Å²) in [6.45, 7) is 1.58. The van der Waals surface area contributed by atoms with E-state index >= 15 is 0 Å². The zero-order valence-electron chi connectivity index (χ0n) is 13.1. The number of ether oxygens (including phenoxy) is 1. The van der Waals surface area contributed by atoms with Crippen molar-refractivity contribution in [3.8, 4) is 0 Å². The Bertz CT molecular complexity index is 991. The van der Waals surface area contributed by atoms with Gasteiger partial charge in [0.15, 0.2) is 5.65 Å². The summed E-state index contributed by atoms with van der Waals surface area (Å²) in [5.41, 5.74) is 0.493. The molecule has 6 nitrogen and oxygen atoms in total. The normalized spacial score (nSPS) is 20.9. The zero-order valence-corrected chi connectivity index (χ0v) is 14.6. The fraction of sp³-hybridized carbons (Fsp3) is 0.250. The van der Waals surface area contributed by atoms with Crippen LogP contribution >= 0.6 is 11.6 Å². The van der Waals surface area contributed by atoms with Crippen molar-refractivity contribution in [2.75, 3.05) is 7.11 Å². The van der Waals surface area contributed by atoms with E-state index in [1.54, 1.807) is 37.3 Å². The third-order valence-electron chi connectivity index (χ3n) is 4.13. The molecule has 0 fully saturated rings. The van der Waals surface area contributed by atoms with E-state index in [-0.39, 0.29) is 22.7 Å². The van der Waals surface area contributed by atoms with Gasteiger partial charge in [-0.3, -0.25) is 0 Å². The second-order valence-electron chi connectivity index (χ2n) is 5.62. The van der Waals surface area contributed by atoms with Gasteiger partial charge in [-0.1, -0.05) is 23.8 Å². The smallest absolute Gasteiger partial charge is 0.339 e. The maximum atomic E-state index is 13.1. The molecular weight excluding hydrogens is 352 g/mol. The van der Waals surface area contributed by atoms with Crippen LogP contribution in [0.4, 0.5) is 0 Å². The highest BCUT2D eigenvalue weighted by Crippen LogP contribution is 2.38. The number of carbonyl (C=O) groups excluding carboxylic acids is 1. The van der Waals surface area contributed by atoms with Crippen molar-refractivity contribution in [3.05, 3.63) is 53.4 Å². The van der Waals surface area contributed by atoms with E-state index in [1.807, 2.05) is 0 Å². The van der Waals surface area contributed by atoms with Crippen LogP contribution in [0.1, 0.15) is 23.7 Å². The average molecular weight is 367 g/mol. The molecule has 0 saturated heterocycles. The number of hydrogen-bond donors (Lipinski definition) is 0. The third-order valence-corrected chi connectivity index (χ3v) is 7.13. The van der Waals surface area contributed by atoms with Crippen LogP contribution in [0.15, 0.2) is 47.8 Å². The Labute approximate surface area is 144 Å². The first kappa shape index (κ1) is 16.7. The van der Waals surface area contributed by atoms with Gasteiger partial charge in [0.2, 0.25) is 0 Å². The summed E-state index contributed by atoms with van der Waals surface area (Å²) in [7, 11) is -2.57. The van der Waals surface area contributed by atoms with E-state index in [9.17, 15) is 13.2 Å². The van der Waals surface area contributed by atoms with E-state index in [1.165, 1.54) is 19.5 Å². The number of allylic oxidation sites excluding steroid dienone is 3. The van der Waals surface area contributed by atoms with Gasteiger partial charge in [0.05, 0.1) is 12.7 Å². The lowest BCUT2D eigenvalue weighted by molar-refractivity contribution is 0.0600. The van der Waals surface area contributed by atoms with Crippen LogP contribution in [0.25, 0.3) is 11.0 Å². The fourth-order valence-corrected chi connectivity index (χ4v) is 4.69. The predicted molar refractivity (Wildman–Crippen MR) is 91.5 cm³/mol. The molecule has 1 atom stereocenters. The average Bonchev–Trinajstić information content (AvgIpc) is 3.00. The summed E-state index contributed by atoms with van der Waals surface area (Å²) in [5.74, 6) is -0.532. The summed E-state index contributed by atoms with van der Waals surface area (Å²) in [4.78, 5) is 15.7. The number of halogens is 1. The van der Waals surface area contributed by atoms with E-state index in [2.05, 4.69) is 9.72 Å². The molecule has 2 heterocycles. The molecule has 0 aromatic carbocycles. The van der Waals surface area contributed by atoms with Crippen molar-refractivity contribution in [2.24, 2.45) is 0 Å². The minimum atomic E-state index is -3.85. The first-order chi connectivity index (χ1) is 11.3. The molecule has 24 heavy (non-hydrogen) atoms. The Hall–Kier alpha value is -2.12. The molecule has 0 aliphatic heterocycles. The van der Waals surface area contributed by atoms with Crippen LogP contribution in [0.2, 0.25) is 0 Å². The Morgan fingerprint density at radius 1 is 1.46 bits per heavy atom. The van der Waals surface area contributed by atoms with Crippen LogP contribution in [0.3, 0.4) is 0 Å². The lowest BCUT2D eigenvalue weighted by atomic mass is 10.0. The number of aromatic nitrogens is 2. The maximum Gasteiger partial charge on any atom is 0.339 e. The molecule has 2 aromatic heterocycles. The molecule has 2 aromatic rings. The molecule has 0 amide bonds. The van der Waals surface area contributed by atoms with Crippen molar-refractivity contribution in [1.29, 1.82) is 0 Å². The fourth-order valence-electron chi connectivity index (χ4n) is 2.59. The van der Waals surface area contributed by atoms with Crippen LogP contribution in [0, 0.1) is 0 Å². The van der Waals surface area contributed by atoms with Gasteiger partial charge in [0, 0.05) is 22.8 Å². The minimum Gasteiger partial charge on any atom is -0.465 e. The summed E-state index contributed by atoms with van der Waals surface area (Å²) in [6.07, 6.45) is 8.05. The number of esters is 1. The van der Waals surface area contributed by atoms with Gasteiger partial charge >= 0.3 is 5.97 Å². The Balaban J connectivity index is 2.14. The molecule has 0 bridgehead atoms. The molecule has 0 saturated carbocycles. The zero-order chi connectivity index (χ0) is 17.5. The molecule has 3 rings (SSSR count). The summed E-state index contributed by atoms with van der Waals surface area (Å²) in [6, 6.07) is 3.13. The summed E-state index contributed by atoms with van der Waals surface area (Å²) in [5, 5.41) is 0.773. The van der Waals surface area contributed by atoms with Gasteiger partial charge in [0.1, 0.15) is 4.75 Å². The molecule has 1 unspecified atom stereocenters. The van der Waals surface area contributed by atoms with Crippen LogP contribution in [-0.4, -0.2) is 35.2 Å². The largest absolute Gasteiger partial charge is 0.465 e. The predicted octanol–water partition coefficient (Wildman–Crippen LogP) is 2.84. The number of hydrogen-bond acceptors (Lipinski definition) is 5. The number of fused-ring (bicyclic) bond motifs is 1. The summed E-state index contributed by atoms with van der Waals surface area (Å²) < 4.78 is 30.8. The quantitative estimate of drug-likeness (QED) is 0.780. The minimum absolute atomic E-state index is 0.239. The highest BCUT2D eigenvalue weighted by Gasteiger charge is 2.44. The Kier molecular flexibility index (Phi) is 4.01. The number of methoxy groups -OCH3 is 1. The number of carbonyl (C=O) groups is 1. The monoisotopic (exact) mass is 366 g/mol. The van der Waals surface area contributed by atoms with E-state index < -0.39 is 20.7 Å². The van der Waals surface area contributed by atoms with Gasteiger partial charge in [-0.25, -0.2) is 22.2 Å². The van der Waals surface area contributed by atoms with Crippen LogP contribution in [0.5, 0.6) is 0 Å². The van der Waals surface area contributed by atoms with Crippen molar-refractivity contribution in [2.45, 2.75) is 18.1 Å². The number of nitrogens with zero attached hydrogens (tertiary/aromatic N) is 2. The van der Waals surface area contributed by atoms with Gasteiger partial charge in [0.25, 0.3) is 10.0 Å². The molecule has 1 aliphatic carbocycles. The van der Waals surface area contributed by atoms with Crippen molar-refractivity contribution >= 4 is 38.6 Å². The second kappa shape index (κ2) is 5.75. The highest BCUT2D eigenvalue weighted by atomic mass is 35.5. The van der Waals surface area contributed by atoms with E-state index in [4.69, 9.17) is 11.6 Å². The van der Waals surface area contributed by atoms with Gasteiger partial charge in [-0.2, -0.15) is 0 Å². The van der Waals surface area contributed by atoms with Crippen LogP contribution in [-0.2, 0) is 14.8 Å². The van der Waals surface area contributed by atoms with Crippen molar-refractivity contribution < 1.29 is 17.9 Å². The topological polar surface area (TPSA) is 78.3 Å². The molecular formula is C16H15ClN2O4S. The molecule has 8 heteroatoms. The van der Waals surface area contributed by atoms with Crippen molar-refractivity contribution in [1.82, 2.24) is 8.96 Å². The second-order valence-corrected chi connectivity index (χ2v) is 8.27. The first-order valence-electron chi connectivity index (χ1n) is 7.14. The Morgan fingerprint density at radius 2 is 2.21 bits per heavy atom. The van der Waals surface area contributed by atoms with Gasteiger partial charge in [-0.15, -0.1) is 0 Å². The lowest BCUT2D eigenvalue weighted by Gasteiger charge is -2.29. The molecule has 0 radical (unpaired) electrons. The number of pyridine rings is 1. The van der Waals surface area contributed by atoms with E-state index in [0.717, 1.165) is 3.97 Å². The van der Waals surface area contributed by atoms with Gasteiger partial charge < -0.3 is 4.74 Å². The first-order valence-corrected chi connectivity index (χ1v) is 8.96. The molecule has 126 valence electrons. The highest BCUT2D eigenvalue weighted by molar-refractivity contribution is 7.91. The molecule has 0 spiro atoms. The standard InChI is InChI=1S/C16H15ClN2O4S/c1-16(7-4-3-5-13(16)17)24(21,22)19-8-6-11-9-12(15(20)23-2)10-18-14(11)19/h3-6,8-10H,7H2,1-2H3. The third kappa shape index (κ3) is 2.35. The van der Waals surface area contributed by atoms with Gasteiger partial charge in [-0.05, 0) is 31.6 Å². The van der Waals surface area contributed by atoms with Crippen molar-refractivity contribution in [3.63, 3.8) is 0 Å². The number of rotatable bonds is 3. The van der Waals surface area contributed by atoms with E-state index in [0.29, 0.717) is 5.39 Å². The SMILES string of the molecule is COC(=O)c1cnc2c(ccn2S(=O)(=O)C2(C)CC=CC=C2Cl)c1.